The van der Waals surface area contributed by atoms with E-state index in [1.807, 2.05) is 67.8 Å². The SMILES string of the molecule is CNCc1ccc(-n2cccn2)c(NS(=O)c2ccccc2)c1. The van der Waals surface area contributed by atoms with Crippen LogP contribution >= 0.6 is 0 Å². The van der Waals surface area contributed by atoms with Gasteiger partial charge in [-0.1, -0.05) is 24.3 Å². The van der Waals surface area contributed by atoms with Crippen molar-refractivity contribution >= 4 is 16.7 Å². The van der Waals surface area contributed by atoms with Crippen LogP contribution in [0.5, 0.6) is 0 Å². The average molecular weight is 326 g/mol. The molecule has 1 aromatic heterocycles. The maximum Gasteiger partial charge on any atom is 0.150 e. The minimum atomic E-state index is -1.33. The lowest BCUT2D eigenvalue weighted by atomic mass is 10.1. The van der Waals surface area contributed by atoms with Crippen LogP contribution in [0.4, 0.5) is 5.69 Å². The molecular formula is C17H18N4OS. The van der Waals surface area contributed by atoms with Gasteiger partial charge in [-0.25, -0.2) is 8.89 Å². The number of nitrogens with one attached hydrogen (secondary N) is 2. The molecule has 23 heavy (non-hydrogen) atoms. The van der Waals surface area contributed by atoms with Crippen molar-refractivity contribution in [3.8, 4) is 5.69 Å². The van der Waals surface area contributed by atoms with Crippen molar-refractivity contribution in [2.45, 2.75) is 11.4 Å². The normalized spacial score (nSPS) is 12.0. The number of rotatable bonds is 6. The molecule has 0 saturated carbocycles. The number of hydrogen-bond acceptors (Lipinski definition) is 3. The van der Waals surface area contributed by atoms with Gasteiger partial charge in [-0.2, -0.15) is 5.10 Å². The first-order valence-electron chi connectivity index (χ1n) is 7.29. The highest BCUT2D eigenvalue weighted by Crippen LogP contribution is 2.23. The lowest BCUT2D eigenvalue weighted by Gasteiger charge is -2.13. The third-order valence-corrected chi connectivity index (χ3v) is 4.46. The largest absolute Gasteiger partial charge is 0.316 e. The van der Waals surface area contributed by atoms with Crippen molar-refractivity contribution in [3.05, 3.63) is 72.6 Å². The topological polar surface area (TPSA) is 59.0 Å². The molecule has 0 aliphatic heterocycles. The Balaban J connectivity index is 1.95. The second kappa shape index (κ2) is 7.21. The molecule has 2 aromatic carbocycles. The zero-order valence-electron chi connectivity index (χ0n) is 12.8. The van der Waals surface area contributed by atoms with Crippen LogP contribution in [-0.2, 0) is 17.5 Å². The first-order valence-corrected chi connectivity index (χ1v) is 8.44. The van der Waals surface area contributed by atoms with Crippen LogP contribution in [0.25, 0.3) is 5.69 Å². The van der Waals surface area contributed by atoms with E-state index in [0.717, 1.165) is 28.4 Å². The summed E-state index contributed by atoms with van der Waals surface area (Å²) < 4.78 is 17.4. The number of aromatic nitrogens is 2. The molecule has 3 rings (SSSR count). The Morgan fingerprint density at radius 3 is 2.65 bits per heavy atom. The summed E-state index contributed by atoms with van der Waals surface area (Å²) >= 11 is 0. The molecular weight excluding hydrogens is 308 g/mol. The molecule has 118 valence electrons. The van der Waals surface area contributed by atoms with E-state index in [4.69, 9.17) is 0 Å². The Morgan fingerprint density at radius 2 is 1.96 bits per heavy atom. The molecule has 0 spiro atoms. The molecule has 2 N–H and O–H groups in total. The predicted molar refractivity (Wildman–Crippen MR) is 92.8 cm³/mol. The van der Waals surface area contributed by atoms with Gasteiger partial charge in [-0.05, 0) is 42.9 Å². The molecule has 0 radical (unpaired) electrons. The molecule has 0 aliphatic rings. The fourth-order valence-electron chi connectivity index (χ4n) is 2.29. The van der Waals surface area contributed by atoms with Crippen LogP contribution in [0.1, 0.15) is 5.56 Å². The monoisotopic (exact) mass is 326 g/mol. The lowest BCUT2D eigenvalue weighted by Crippen LogP contribution is -2.10. The quantitative estimate of drug-likeness (QED) is 0.732. The van der Waals surface area contributed by atoms with Gasteiger partial charge in [-0.15, -0.1) is 0 Å². The zero-order chi connectivity index (χ0) is 16.1. The van der Waals surface area contributed by atoms with E-state index in [0.29, 0.717) is 0 Å². The smallest absolute Gasteiger partial charge is 0.150 e. The summed E-state index contributed by atoms with van der Waals surface area (Å²) in [5.74, 6) is 0. The van der Waals surface area contributed by atoms with Gasteiger partial charge >= 0.3 is 0 Å². The van der Waals surface area contributed by atoms with E-state index in [1.165, 1.54) is 0 Å². The molecule has 0 saturated heterocycles. The van der Waals surface area contributed by atoms with Crippen LogP contribution < -0.4 is 10.0 Å². The van der Waals surface area contributed by atoms with Gasteiger partial charge in [0, 0.05) is 18.9 Å². The van der Waals surface area contributed by atoms with E-state index >= 15 is 0 Å². The molecule has 0 bridgehead atoms. The third-order valence-electron chi connectivity index (χ3n) is 3.35. The second-order valence-corrected chi connectivity index (χ2v) is 6.23. The highest BCUT2D eigenvalue weighted by molar-refractivity contribution is 7.86. The van der Waals surface area contributed by atoms with E-state index in [1.54, 1.807) is 10.9 Å². The molecule has 0 fully saturated rings. The minimum Gasteiger partial charge on any atom is -0.316 e. The maximum absolute atomic E-state index is 12.6. The highest BCUT2D eigenvalue weighted by Gasteiger charge is 2.10. The summed E-state index contributed by atoms with van der Waals surface area (Å²) in [5.41, 5.74) is 2.75. The van der Waals surface area contributed by atoms with Crippen molar-refractivity contribution in [1.82, 2.24) is 15.1 Å². The molecule has 1 unspecified atom stereocenters. The van der Waals surface area contributed by atoms with E-state index in [2.05, 4.69) is 15.1 Å². The molecule has 1 atom stereocenters. The van der Waals surface area contributed by atoms with Crippen LogP contribution in [0.15, 0.2) is 71.9 Å². The van der Waals surface area contributed by atoms with Crippen LogP contribution in [0.2, 0.25) is 0 Å². The van der Waals surface area contributed by atoms with Gasteiger partial charge in [0.1, 0.15) is 11.0 Å². The number of nitrogens with zero attached hydrogens (tertiary/aromatic N) is 2. The summed E-state index contributed by atoms with van der Waals surface area (Å²) in [6.07, 6.45) is 3.59. The third kappa shape index (κ3) is 3.67. The van der Waals surface area contributed by atoms with Crippen LogP contribution in [0, 0.1) is 0 Å². The Hall–Kier alpha value is -2.44. The fourth-order valence-corrected chi connectivity index (χ4v) is 3.18. The Morgan fingerprint density at radius 1 is 1.13 bits per heavy atom. The Labute approximate surface area is 137 Å². The summed E-state index contributed by atoms with van der Waals surface area (Å²) in [6.45, 7) is 0.742. The van der Waals surface area contributed by atoms with E-state index in [9.17, 15) is 4.21 Å². The molecule has 3 aromatic rings. The molecule has 1 heterocycles. The van der Waals surface area contributed by atoms with Crippen molar-refractivity contribution in [3.63, 3.8) is 0 Å². The maximum atomic E-state index is 12.6. The van der Waals surface area contributed by atoms with Crippen LogP contribution in [-0.4, -0.2) is 21.0 Å². The van der Waals surface area contributed by atoms with Crippen molar-refractivity contribution in [2.24, 2.45) is 0 Å². The number of benzene rings is 2. The highest BCUT2D eigenvalue weighted by atomic mass is 32.2. The van der Waals surface area contributed by atoms with Gasteiger partial charge in [0.2, 0.25) is 0 Å². The standard InChI is InChI=1S/C17H18N4OS/c1-18-13-14-8-9-17(21-11-5-10-19-21)16(12-14)20-23(22)15-6-3-2-4-7-15/h2-12,18,20H,13H2,1H3. The van der Waals surface area contributed by atoms with Gasteiger partial charge in [0.05, 0.1) is 16.3 Å². The summed E-state index contributed by atoms with van der Waals surface area (Å²) in [4.78, 5) is 0.734. The van der Waals surface area contributed by atoms with Crippen molar-refractivity contribution in [2.75, 3.05) is 11.8 Å². The summed E-state index contributed by atoms with van der Waals surface area (Å²) in [6, 6.07) is 17.2. The van der Waals surface area contributed by atoms with Crippen LogP contribution in [0.3, 0.4) is 0 Å². The summed E-state index contributed by atoms with van der Waals surface area (Å²) in [5, 5.41) is 7.39. The van der Waals surface area contributed by atoms with E-state index in [-0.39, 0.29) is 0 Å². The minimum absolute atomic E-state index is 0.734. The predicted octanol–water partition coefficient (Wildman–Crippen LogP) is 2.73. The van der Waals surface area contributed by atoms with Gasteiger partial charge in [-0.3, -0.25) is 4.72 Å². The summed E-state index contributed by atoms with van der Waals surface area (Å²) in [7, 11) is 0.569. The van der Waals surface area contributed by atoms with Crippen molar-refractivity contribution < 1.29 is 4.21 Å². The molecule has 5 nitrogen and oxygen atoms in total. The number of hydrogen-bond donors (Lipinski definition) is 2. The first-order chi connectivity index (χ1) is 11.3. The average Bonchev–Trinajstić information content (AvgIpc) is 3.10. The van der Waals surface area contributed by atoms with Gasteiger partial charge in [0.25, 0.3) is 0 Å². The zero-order valence-corrected chi connectivity index (χ0v) is 13.6. The van der Waals surface area contributed by atoms with Gasteiger partial charge in [0.15, 0.2) is 0 Å². The van der Waals surface area contributed by atoms with E-state index < -0.39 is 11.0 Å². The van der Waals surface area contributed by atoms with Crippen molar-refractivity contribution in [1.29, 1.82) is 0 Å². The molecule has 6 heteroatoms. The van der Waals surface area contributed by atoms with Gasteiger partial charge < -0.3 is 5.32 Å². The first kappa shape index (κ1) is 15.5. The lowest BCUT2D eigenvalue weighted by molar-refractivity contribution is 0.686. The fraction of sp³-hybridized carbons (Fsp3) is 0.118. The number of anilines is 1. The Kier molecular flexibility index (Phi) is 4.85. The molecule has 0 amide bonds. The Bertz CT molecular complexity index is 788. The molecule has 0 aliphatic carbocycles. The second-order valence-electron chi connectivity index (χ2n) is 5.02.